The highest BCUT2D eigenvalue weighted by Crippen LogP contribution is 2.30. The van der Waals surface area contributed by atoms with Crippen molar-refractivity contribution in [2.24, 2.45) is 0 Å². The zero-order chi connectivity index (χ0) is 17.6. The lowest BCUT2D eigenvalue weighted by molar-refractivity contribution is -0.137. The molecular weight excluding hydrogens is 321 g/mol. The third-order valence-electron chi connectivity index (χ3n) is 4.27. The minimum absolute atomic E-state index is 0.435. The quantitative estimate of drug-likeness (QED) is 0.769. The monoisotopic (exact) mass is 346 g/mol. The molecule has 1 aliphatic rings. The summed E-state index contributed by atoms with van der Waals surface area (Å²) in [6.07, 6.45) is -5.12. The first-order valence-corrected chi connectivity index (χ1v) is 8.28. The smallest absolute Gasteiger partial charge is 0.387 e. The Hall–Kier alpha value is -1.15. The molecule has 24 heavy (non-hydrogen) atoms. The Morgan fingerprint density at radius 2 is 1.67 bits per heavy atom. The van der Waals surface area contributed by atoms with Crippen LogP contribution in [-0.4, -0.2) is 67.4 Å². The highest BCUT2D eigenvalue weighted by molar-refractivity contribution is 5.26. The molecule has 0 saturated carbocycles. The largest absolute Gasteiger partial charge is 0.416 e. The first kappa shape index (κ1) is 19.2. The van der Waals surface area contributed by atoms with Crippen LogP contribution in [0.4, 0.5) is 13.2 Å². The Morgan fingerprint density at radius 3 is 2.21 bits per heavy atom. The highest BCUT2D eigenvalue weighted by atomic mass is 19.4. The minimum atomic E-state index is -4.35. The molecule has 0 spiro atoms. The van der Waals surface area contributed by atoms with Crippen molar-refractivity contribution in [3.8, 4) is 0 Å². The van der Waals surface area contributed by atoms with Gasteiger partial charge in [-0.2, -0.15) is 13.2 Å². The van der Waals surface area contributed by atoms with E-state index in [1.54, 1.807) is 0 Å². The second-order valence-corrected chi connectivity index (χ2v) is 5.97. The average Bonchev–Trinajstić information content (AvgIpc) is 2.56. The van der Waals surface area contributed by atoms with Gasteiger partial charge in [0.2, 0.25) is 0 Å². The lowest BCUT2D eigenvalue weighted by atomic mass is 10.1. The van der Waals surface area contributed by atoms with Crippen LogP contribution in [0.15, 0.2) is 24.3 Å². The van der Waals surface area contributed by atoms with Crippen LogP contribution in [-0.2, 0) is 10.9 Å². The van der Waals surface area contributed by atoms with Crippen molar-refractivity contribution in [3.05, 3.63) is 35.4 Å². The zero-order valence-corrected chi connectivity index (χ0v) is 13.9. The van der Waals surface area contributed by atoms with Crippen molar-refractivity contribution in [1.82, 2.24) is 9.80 Å². The fraction of sp³-hybridized carbons (Fsp3) is 0.647. The van der Waals surface area contributed by atoms with Crippen LogP contribution in [0.2, 0.25) is 0 Å². The number of β-amino-alcohol motifs (C(OH)–C–C–N with tert-alkyl or cyclic N) is 1. The van der Waals surface area contributed by atoms with Gasteiger partial charge in [0.05, 0.1) is 18.3 Å². The molecular formula is C17H25F3N2O2. The average molecular weight is 346 g/mol. The van der Waals surface area contributed by atoms with Crippen LogP contribution >= 0.6 is 0 Å². The number of benzene rings is 1. The van der Waals surface area contributed by atoms with Gasteiger partial charge in [0.1, 0.15) is 0 Å². The number of aliphatic hydroxyl groups is 1. The molecule has 0 amide bonds. The minimum Gasteiger partial charge on any atom is -0.387 e. The number of hydrogen-bond acceptors (Lipinski definition) is 4. The van der Waals surface area contributed by atoms with Gasteiger partial charge in [0, 0.05) is 45.9 Å². The lowest BCUT2D eigenvalue weighted by Crippen LogP contribution is -2.48. The molecule has 1 N–H and O–H groups in total. The van der Waals surface area contributed by atoms with E-state index < -0.39 is 17.8 Å². The van der Waals surface area contributed by atoms with E-state index in [1.807, 2.05) is 6.92 Å². The summed E-state index contributed by atoms with van der Waals surface area (Å²) in [4.78, 5) is 4.45. The van der Waals surface area contributed by atoms with E-state index in [9.17, 15) is 18.3 Å². The van der Waals surface area contributed by atoms with E-state index in [2.05, 4.69) is 9.80 Å². The van der Waals surface area contributed by atoms with Crippen LogP contribution in [0, 0.1) is 0 Å². The van der Waals surface area contributed by atoms with Crippen LogP contribution < -0.4 is 0 Å². The lowest BCUT2D eigenvalue weighted by Gasteiger charge is -2.35. The van der Waals surface area contributed by atoms with Gasteiger partial charge in [-0.15, -0.1) is 0 Å². The highest BCUT2D eigenvalue weighted by Gasteiger charge is 2.30. The van der Waals surface area contributed by atoms with Crippen molar-refractivity contribution in [2.45, 2.75) is 19.2 Å². The Bertz CT molecular complexity index is 486. The molecule has 1 aromatic rings. The van der Waals surface area contributed by atoms with Crippen molar-refractivity contribution in [1.29, 1.82) is 0 Å². The van der Waals surface area contributed by atoms with Crippen molar-refractivity contribution in [2.75, 3.05) is 52.5 Å². The van der Waals surface area contributed by atoms with E-state index in [4.69, 9.17) is 4.74 Å². The number of nitrogens with zero attached hydrogens (tertiary/aromatic N) is 2. The number of ether oxygens (including phenoxy) is 1. The molecule has 0 aliphatic carbocycles. The number of hydrogen-bond donors (Lipinski definition) is 1. The maximum atomic E-state index is 12.6. The summed E-state index contributed by atoms with van der Waals surface area (Å²) >= 11 is 0. The number of aliphatic hydroxyl groups excluding tert-OH is 1. The van der Waals surface area contributed by atoms with Gasteiger partial charge < -0.3 is 9.84 Å². The Kier molecular flexibility index (Phi) is 7.03. The molecule has 1 atom stereocenters. The number of piperazine rings is 1. The van der Waals surface area contributed by atoms with Gasteiger partial charge >= 0.3 is 6.18 Å². The summed E-state index contributed by atoms with van der Waals surface area (Å²) in [5.74, 6) is 0. The zero-order valence-electron chi connectivity index (χ0n) is 13.9. The molecule has 1 fully saturated rings. The number of halogens is 3. The first-order chi connectivity index (χ1) is 11.4. The molecule has 2 rings (SSSR count). The van der Waals surface area contributed by atoms with Crippen LogP contribution in [0.25, 0.3) is 0 Å². The van der Waals surface area contributed by atoms with E-state index in [-0.39, 0.29) is 0 Å². The Labute approximate surface area is 140 Å². The molecule has 7 heteroatoms. The van der Waals surface area contributed by atoms with Gasteiger partial charge in [-0.05, 0) is 24.6 Å². The summed E-state index contributed by atoms with van der Waals surface area (Å²) in [5, 5.41) is 10.2. The predicted octanol–water partition coefficient (Wildman–Crippen LogP) is 2.39. The molecule has 0 unspecified atom stereocenters. The molecule has 136 valence electrons. The van der Waals surface area contributed by atoms with Gasteiger partial charge in [0.15, 0.2) is 0 Å². The van der Waals surface area contributed by atoms with E-state index in [0.717, 1.165) is 58.1 Å². The fourth-order valence-electron chi connectivity index (χ4n) is 2.78. The molecule has 1 saturated heterocycles. The number of rotatable bonds is 7. The normalized spacial score (nSPS) is 18.7. The summed E-state index contributed by atoms with van der Waals surface area (Å²) in [5.41, 5.74) is -0.178. The SMILES string of the molecule is CCOCCN1CCN(C[C@H](O)c2ccc(C(F)(F)F)cc2)CC1. The molecule has 1 heterocycles. The third kappa shape index (κ3) is 5.73. The van der Waals surface area contributed by atoms with Gasteiger partial charge in [-0.3, -0.25) is 9.80 Å². The summed E-state index contributed by atoms with van der Waals surface area (Å²) < 4.78 is 43.0. The second kappa shape index (κ2) is 8.80. The van der Waals surface area contributed by atoms with Crippen LogP contribution in [0.3, 0.4) is 0 Å². The van der Waals surface area contributed by atoms with E-state index in [1.165, 1.54) is 12.1 Å². The Morgan fingerprint density at radius 1 is 1.08 bits per heavy atom. The molecule has 0 aromatic heterocycles. The summed E-state index contributed by atoms with van der Waals surface area (Å²) in [6, 6.07) is 4.74. The maximum absolute atomic E-state index is 12.6. The van der Waals surface area contributed by atoms with Crippen LogP contribution in [0.5, 0.6) is 0 Å². The van der Waals surface area contributed by atoms with Gasteiger partial charge in [-0.1, -0.05) is 12.1 Å². The predicted molar refractivity (Wildman–Crippen MR) is 85.8 cm³/mol. The molecule has 0 bridgehead atoms. The van der Waals surface area contributed by atoms with Crippen molar-refractivity contribution in [3.63, 3.8) is 0 Å². The molecule has 1 aliphatic heterocycles. The third-order valence-corrected chi connectivity index (χ3v) is 4.27. The maximum Gasteiger partial charge on any atom is 0.416 e. The van der Waals surface area contributed by atoms with Crippen molar-refractivity contribution >= 4 is 0 Å². The van der Waals surface area contributed by atoms with Gasteiger partial charge in [-0.25, -0.2) is 0 Å². The second-order valence-electron chi connectivity index (χ2n) is 5.97. The van der Waals surface area contributed by atoms with E-state index >= 15 is 0 Å². The molecule has 0 radical (unpaired) electrons. The standard InChI is InChI=1S/C17H25F3N2O2/c1-2-24-12-11-21-7-9-22(10-8-21)13-16(23)14-3-5-15(6-4-14)17(18,19)20/h3-6,16,23H,2,7-13H2,1H3/t16-/m0/s1. The van der Waals surface area contributed by atoms with Crippen LogP contribution in [0.1, 0.15) is 24.2 Å². The fourth-order valence-corrected chi connectivity index (χ4v) is 2.78. The molecule has 4 nitrogen and oxygen atoms in total. The summed E-state index contributed by atoms with van der Waals surface area (Å²) in [6.45, 7) is 8.26. The Balaban J connectivity index is 1.78. The van der Waals surface area contributed by atoms with E-state index in [0.29, 0.717) is 12.1 Å². The summed E-state index contributed by atoms with van der Waals surface area (Å²) in [7, 11) is 0. The van der Waals surface area contributed by atoms with Crippen molar-refractivity contribution < 1.29 is 23.0 Å². The van der Waals surface area contributed by atoms with Gasteiger partial charge in [0.25, 0.3) is 0 Å². The number of alkyl halides is 3. The molecule has 1 aromatic carbocycles. The topological polar surface area (TPSA) is 35.9 Å². The first-order valence-electron chi connectivity index (χ1n) is 8.28.